The minimum atomic E-state index is -1.13. The fraction of sp³-hybridized carbons (Fsp3) is 0.100. The first-order valence-corrected chi connectivity index (χ1v) is 3.95. The van der Waals surface area contributed by atoms with Crippen molar-refractivity contribution in [1.29, 1.82) is 0 Å². The Morgan fingerprint density at radius 2 is 2.08 bits per heavy atom. The number of carboxylic acids is 1. The van der Waals surface area contributed by atoms with E-state index in [-0.39, 0.29) is 5.56 Å². The second-order valence-corrected chi connectivity index (χ2v) is 2.96. The topological polar surface area (TPSA) is 45.1 Å². The summed E-state index contributed by atoms with van der Waals surface area (Å²) in [5, 5.41) is 11.4. The van der Waals surface area contributed by atoms with Gasteiger partial charge >= 0.3 is 0 Å². The Morgan fingerprint density at radius 1 is 1.38 bits per heavy atom. The molecule has 1 heterocycles. The van der Waals surface area contributed by atoms with Gasteiger partial charge in [-0.3, -0.25) is 0 Å². The molecule has 0 atom stereocenters. The van der Waals surface area contributed by atoms with Crippen LogP contribution >= 0.6 is 0 Å². The smallest absolute Gasteiger partial charge is 0.0736 e. The molecule has 0 amide bonds. The molecule has 0 fully saturated rings. The third-order valence-corrected chi connectivity index (χ3v) is 2.12. The maximum Gasteiger partial charge on any atom is 0.0736 e. The standard InChI is InChI=1S/C10H9NO2/c1-11-6-8(10(12)13)7-4-2-3-5-9(7)11/h2-6H,1H3,(H,12,13)/p-1. The monoisotopic (exact) mass is 174 g/mol. The lowest BCUT2D eigenvalue weighted by Crippen LogP contribution is -2.21. The van der Waals surface area contributed by atoms with Crippen LogP contribution in [-0.4, -0.2) is 10.5 Å². The maximum atomic E-state index is 10.7. The number of benzene rings is 1. The van der Waals surface area contributed by atoms with Crippen molar-refractivity contribution in [3.63, 3.8) is 0 Å². The Hall–Kier alpha value is -1.77. The van der Waals surface area contributed by atoms with Gasteiger partial charge < -0.3 is 14.5 Å². The van der Waals surface area contributed by atoms with Crippen LogP contribution in [0.5, 0.6) is 0 Å². The fourth-order valence-electron chi connectivity index (χ4n) is 1.50. The number of rotatable bonds is 1. The molecule has 1 aromatic heterocycles. The highest BCUT2D eigenvalue weighted by Gasteiger charge is 2.05. The summed E-state index contributed by atoms with van der Waals surface area (Å²) in [7, 11) is 1.81. The van der Waals surface area contributed by atoms with Crippen molar-refractivity contribution < 1.29 is 9.90 Å². The second kappa shape index (κ2) is 2.62. The first kappa shape index (κ1) is 7.86. The summed E-state index contributed by atoms with van der Waals surface area (Å²) in [4.78, 5) is 10.7. The fourth-order valence-corrected chi connectivity index (χ4v) is 1.50. The van der Waals surface area contributed by atoms with E-state index in [0.29, 0.717) is 0 Å². The summed E-state index contributed by atoms with van der Waals surface area (Å²) >= 11 is 0. The van der Waals surface area contributed by atoms with Gasteiger partial charge in [-0.05, 0) is 6.07 Å². The van der Waals surface area contributed by atoms with Gasteiger partial charge in [-0.15, -0.1) is 0 Å². The van der Waals surface area contributed by atoms with Crippen LogP contribution < -0.4 is 5.11 Å². The van der Waals surface area contributed by atoms with Gasteiger partial charge in [-0.1, -0.05) is 18.2 Å². The van der Waals surface area contributed by atoms with E-state index < -0.39 is 5.97 Å². The summed E-state index contributed by atoms with van der Waals surface area (Å²) < 4.78 is 1.78. The number of fused-ring (bicyclic) bond motifs is 1. The summed E-state index contributed by atoms with van der Waals surface area (Å²) in [6, 6.07) is 7.35. The van der Waals surface area contributed by atoms with E-state index in [1.54, 1.807) is 16.8 Å². The molecule has 0 bridgehead atoms. The zero-order valence-corrected chi connectivity index (χ0v) is 7.15. The van der Waals surface area contributed by atoms with Crippen LogP contribution in [0.2, 0.25) is 0 Å². The molecular weight excluding hydrogens is 166 g/mol. The number of nitrogens with zero attached hydrogens (tertiary/aromatic N) is 1. The Kier molecular flexibility index (Phi) is 1.59. The number of hydrogen-bond acceptors (Lipinski definition) is 2. The molecule has 13 heavy (non-hydrogen) atoms. The summed E-state index contributed by atoms with van der Waals surface area (Å²) in [5.74, 6) is -1.13. The van der Waals surface area contributed by atoms with E-state index in [2.05, 4.69) is 0 Å². The molecule has 3 nitrogen and oxygen atoms in total. The van der Waals surface area contributed by atoms with E-state index in [1.165, 1.54) is 0 Å². The van der Waals surface area contributed by atoms with Gasteiger partial charge in [-0.25, -0.2) is 0 Å². The lowest BCUT2D eigenvalue weighted by atomic mass is 10.2. The average Bonchev–Trinajstić information content (AvgIpc) is 2.45. The number of carboxylic acid groups (broad SMARTS) is 1. The summed E-state index contributed by atoms with van der Waals surface area (Å²) in [5.41, 5.74) is 1.15. The Labute approximate surface area is 75.2 Å². The van der Waals surface area contributed by atoms with Crippen LogP contribution in [-0.2, 0) is 7.05 Å². The third kappa shape index (κ3) is 1.09. The molecule has 1 aromatic carbocycles. The molecule has 0 unspecified atom stereocenters. The average molecular weight is 174 g/mol. The Morgan fingerprint density at radius 3 is 2.77 bits per heavy atom. The van der Waals surface area contributed by atoms with Gasteiger partial charge in [0.25, 0.3) is 0 Å². The minimum Gasteiger partial charge on any atom is -0.545 e. The summed E-state index contributed by atoms with van der Waals surface area (Å²) in [6.07, 6.45) is 1.57. The molecular formula is C10H8NO2-. The van der Waals surface area contributed by atoms with Crippen molar-refractivity contribution in [3.05, 3.63) is 36.0 Å². The molecule has 0 radical (unpaired) electrons. The van der Waals surface area contributed by atoms with E-state index in [4.69, 9.17) is 0 Å². The Balaban J connectivity index is 2.85. The highest BCUT2D eigenvalue weighted by atomic mass is 16.4. The maximum absolute atomic E-state index is 10.7. The van der Waals surface area contributed by atoms with Gasteiger partial charge in [0.2, 0.25) is 0 Å². The lowest BCUT2D eigenvalue weighted by Gasteiger charge is -1.97. The number of aromatic carboxylic acids is 1. The highest BCUT2D eigenvalue weighted by molar-refractivity contribution is 6.02. The molecule has 0 aliphatic rings. The number of hydrogen-bond donors (Lipinski definition) is 0. The number of para-hydroxylation sites is 1. The zero-order chi connectivity index (χ0) is 9.42. The predicted octanol–water partition coefficient (Wildman–Crippen LogP) is 0.542. The van der Waals surface area contributed by atoms with Gasteiger partial charge in [0.05, 0.1) is 5.97 Å². The molecule has 0 saturated carbocycles. The van der Waals surface area contributed by atoms with Crippen LogP contribution in [0.25, 0.3) is 10.9 Å². The Bertz CT molecular complexity index is 471. The van der Waals surface area contributed by atoms with Crippen LogP contribution in [0.4, 0.5) is 0 Å². The quantitative estimate of drug-likeness (QED) is 0.633. The molecule has 2 aromatic rings. The number of aryl methyl sites for hydroxylation is 1. The first-order valence-electron chi connectivity index (χ1n) is 3.95. The molecule has 0 aliphatic carbocycles. The highest BCUT2D eigenvalue weighted by Crippen LogP contribution is 2.19. The predicted molar refractivity (Wildman–Crippen MR) is 47.2 cm³/mol. The normalized spacial score (nSPS) is 10.5. The van der Waals surface area contributed by atoms with Crippen molar-refractivity contribution in [1.82, 2.24) is 4.57 Å². The largest absolute Gasteiger partial charge is 0.545 e. The number of carbonyl (C=O) groups excluding carboxylic acids is 1. The molecule has 0 spiro atoms. The van der Waals surface area contributed by atoms with Crippen molar-refractivity contribution in [2.24, 2.45) is 7.05 Å². The van der Waals surface area contributed by atoms with Crippen molar-refractivity contribution in [3.8, 4) is 0 Å². The summed E-state index contributed by atoms with van der Waals surface area (Å²) in [6.45, 7) is 0. The van der Waals surface area contributed by atoms with Crippen LogP contribution in [0, 0.1) is 0 Å². The minimum absolute atomic E-state index is 0.248. The lowest BCUT2D eigenvalue weighted by molar-refractivity contribution is -0.254. The van der Waals surface area contributed by atoms with Crippen molar-refractivity contribution in [2.75, 3.05) is 0 Å². The van der Waals surface area contributed by atoms with Crippen molar-refractivity contribution >= 4 is 16.9 Å². The van der Waals surface area contributed by atoms with E-state index in [1.807, 2.05) is 25.2 Å². The van der Waals surface area contributed by atoms with Gasteiger partial charge in [-0.2, -0.15) is 0 Å². The van der Waals surface area contributed by atoms with Crippen LogP contribution in [0.1, 0.15) is 10.4 Å². The third-order valence-electron chi connectivity index (χ3n) is 2.12. The molecule has 66 valence electrons. The molecule has 0 N–H and O–H groups in total. The SMILES string of the molecule is Cn1cc(C(=O)[O-])c2ccccc21. The first-order chi connectivity index (χ1) is 6.20. The van der Waals surface area contributed by atoms with Gasteiger partial charge in [0.1, 0.15) is 0 Å². The van der Waals surface area contributed by atoms with Gasteiger partial charge in [0.15, 0.2) is 0 Å². The van der Waals surface area contributed by atoms with E-state index >= 15 is 0 Å². The van der Waals surface area contributed by atoms with Crippen LogP contribution in [0.15, 0.2) is 30.5 Å². The second-order valence-electron chi connectivity index (χ2n) is 2.96. The molecule has 2 rings (SSSR count). The zero-order valence-electron chi connectivity index (χ0n) is 7.15. The number of aromatic nitrogens is 1. The van der Waals surface area contributed by atoms with E-state index in [0.717, 1.165) is 10.9 Å². The van der Waals surface area contributed by atoms with E-state index in [9.17, 15) is 9.90 Å². The molecule has 0 aliphatic heterocycles. The van der Waals surface area contributed by atoms with Crippen LogP contribution in [0.3, 0.4) is 0 Å². The van der Waals surface area contributed by atoms with Gasteiger partial charge in [0, 0.05) is 29.7 Å². The molecule has 3 heteroatoms. The van der Waals surface area contributed by atoms with Crippen molar-refractivity contribution in [2.45, 2.75) is 0 Å². The number of carbonyl (C=O) groups is 1. The molecule has 0 saturated heterocycles.